The number of aryl methyl sites for hydroxylation is 1. The average Bonchev–Trinajstić information content (AvgIpc) is 1.89. The number of rotatable bonds is 1. The molecule has 0 aliphatic carbocycles. The molecule has 48 valence electrons. The van der Waals surface area contributed by atoms with Crippen LogP contribution in [-0.2, 0) is 6.42 Å². The molecule has 1 aromatic rings. The Bertz CT molecular complexity index is 196. The third kappa shape index (κ3) is 1.19. The first-order valence-corrected chi connectivity index (χ1v) is 3.03. The van der Waals surface area contributed by atoms with Gasteiger partial charge in [-0.05, 0) is 18.1 Å². The summed E-state index contributed by atoms with van der Waals surface area (Å²) in [6, 6.07) is 1.94. The number of hydrogen-bond acceptors (Lipinski definition) is 2. The lowest BCUT2D eigenvalue weighted by molar-refractivity contribution is 1.12. The number of nitrogen functional groups attached to an aromatic ring is 1. The fourth-order valence-electron chi connectivity index (χ4n) is 0.757. The minimum atomic E-state index is 0.792. The first-order valence-electron chi connectivity index (χ1n) is 3.03. The normalized spacial score (nSPS) is 9.44. The molecule has 0 fully saturated rings. The van der Waals surface area contributed by atoms with Gasteiger partial charge in [0.2, 0.25) is 0 Å². The summed E-state index contributed by atoms with van der Waals surface area (Å²) in [6.45, 7) is 2.08. The minimum Gasteiger partial charge on any atom is -0.397 e. The number of anilines is 1. The molecule has 0 aliphatic heterocycles. The molecule has 0 unspecified atom stereocenters. The first kappa shape index (κ1) is 6.08. The summed E-state index contributed by atoms with van der Waals surface area (Å²) in [5, 5.41) is 0. The molecule has 2 nitrogen and oxygen atoms in total. The lowest BCUT2D eigenvalue weighted by Gasteiger charge is -1.97. The Hall–Kier alpha value is -1.05. The van der Waals surface area contributed by atoms with E-state index in [1.165, 1.54) is 5.56 Å². The molecule has 9 heavy (non-hydrogen) atoms. The van der Waals surface area contributed by atoms with Gasteiger partial charge in [-0.3, -0.25) is 4.98 Å². The van der Waals surface area contributed by atoms with Crippen molar-refractivity contribution in [3.63, 3.8) is 0 Å². The summed E-state index contributed by atoms with van der Waals surface area (Å²) in [7, 11) is 0. The highest BCUT2D eigenvalue weighted by Crippen LogP contribution is 2.07. The van der Waals surface area contributed by atoms with Crippen LogP contribution in [0.5, 0.6) is 0 Å². The zero-order valence-corrected chi connectivity index (χ0v) is 5.46. The second kappa shape index (κ2) is 2.49. The van der Waals surface area contributed by atoms with Crippen molar-refractivity contribution >= 4 is 5.69 Å². The van der Waals surface area contributed by atoms with E-state index < -0.39 is 0 Å². The summed E-state index contributed by atoms with van der Waals surface area (Å²) in [5.41, 5.74) is 7.53. The molecule has 0 radical (unpaired) electrons. The second-order valence-electron chi connectivity index (χ2n) is 1.93. The van der Waals surface area contributed by atoms with Gasteiger partial charge < -0.3 is 5.73 Å². The maximum atomic E-state index is 5.57. The van der Waals surface area contributed by atoms with Gasteiger partial charge in [0.05, 0.1) is 11.9 Å². The Kier molecular flexibility index (Phi) is 1.68. The number of hydrogen-bond donors (Lipinski definition) is 1. The molecule has 0 aliphatic rings. The Labute approximate surface area is 54.7 Å². The zero-order chi connectivity index (χ0) is 6.69. The van der Waals surface area contributed by atoms with Crippen LogP contribution in [0.3, 0.4) is 0 Å². The topological polar surface area (TPSA) is 38.9 Å². The highest BCUT2D eigenvalue weighted by Gasteiger charge is 1.91. The number of nitrogens with zero attached hydrogens (tertiary/aromatic N) is 1. The smallest absolute Gasteiger partial charge is 0.0533 e. The lowest BCUT2D eigenvalue weighted by Crippen LogP contribution is -1.92. The maximum absolute atomic E-state index is 5.57. The third-order valence-corrected chi connectivity index (χ3v) is 1.33. The van der Waals surface area contributed by atoms with Gasteiger partial charge in [0.25, 0.3) is 0 Å². The Morgan fingerprint density at radius 3 is 2.89 bits per heavy atom. The van der Waals surface area contributed by atoms with Crippen molar-refractivity contribution in [1.29, 1.82) is 0 Å². The summed E-state index contributed by atoms with van der Waals surface area (Å²) >= 11 is 0. The largest absolute Gasteiger partial charge is 0.397 e. The van der Waals surface area contributed by atoms with Crippen molar-refractivity contribution in [2.24, 2.45) is 0 Å². The van der Waals surface area contributed by atoms with Crippen molar-refractivity contribution in [2.75, 3.05) is 5.73 Å². The van der Waals surface area contributed by atoms with E-state index in [1.807, 2.05) is 6.07 Å². The summed E-state index contributed by atoms with van der Waals surface area (Å²) in [5.74, 6) is 0. The molecule has 2 N–H and O–H groups in total. The fourth-order valence-corrected chi connectivity index (χ4v) is 0.757. The van der Waals surface area contributed by atoms with Crippen LogP contribution >= 0.6 is 0 Å². The summed E-state index contributed by atoms with van der Waals surface area (Å²) < 4.78 is 0. The molecule has 2 heteroatoms. The van der Waals surface area contributed by atoms with Gasteiger partial charge in [-0.2, -0.15) is 0 Å². The number of pyridine rings is 1. The molecule has 0 bridgehead atoms. The van der Waals surface area contributed by atoms with Crippen LogP contribution in [0.25, 0.3) is 0 Å². The molecule has 0 spiro atoms. The van der Waals surface area contributed by atoms with Crippen LogP contribution in [0, 0.1) is 0 Å². The van der Waals surface area contributed by atoms with E-state index in [4.69, 9.17) is 5.73 Å². The van der Waals surface area contributed by atoms with Gasteiger partial charge in [0.15, 0.2) is 0 Å². The summed E-state index contributed by atoms with van der Waals surface area (Å²) in [6.07, 6.45) is 4.42. The zero-order valence-electron chi connectivity index (χ0n) is 5.46. The number of nitrogens with two attached hydrogens (primary N) is 1. The first-order chi connectivity index (χ1) is 4.34. The molecule has 1 aromatic heterocycles. The van der Waals surface area contributed by atoms with Crippen LogP contribution < -0.4 is 5.73 Å². The van der Waals surface area contributed by atoms with Crippen molar-refractivity contribution in [1.82, 2.24) is 4.98 Å². The van der Waals surface area contributed by atoms with Crippen molar-refractivity contribution in [3.8, 4) is 0 Å². The maximum Gasteiger partial charge on any atom is 0.0533 e. The minimum absolute atomic E-state index is 0.792. The lowest BCUT2D eigenvalue weighted by atomic mass is 10.2. The van der Waals surface area contributed by atoms with Gasteiger partial charge in [-0.15, -0.1) is 0 Å². The fraction of sp³-hybridized carbons (Fsp3) is 0.286. The molecule has 0 atom stereocenters. The van der Waals surface area contributed by atoms with E-state index >= 15 is 0 Å². The summed E-state index contributed by atoms with van der Waals surface area (Å²) in [4.78, 5) is 3.87. The van der Waals surface area contributed by atoms with Crippen LogP contribution in [-0.4, -0.2) is 4.98 Å². The molecular formula is C7H10N2. The molecule has 0 saturated carbocycles. The average molecular weight is 122 g/mol. The standard InChI is InChI=1S/C7H10N2/c1-2-6-3-4-9-5-7(6)8/h3-5H,2,8H2,1H3. The van der Waals surface area contributed by atoms with Gasteiger partial charge in [-0.1, -0.05) is 6.92 Å². The van der Waals surface area contributed by atoms with Gasteiger partial charge in [0, 0.05) is 6.20 Å². The van der Waals surface area contributed by atoms with Gasteiger partial charge in [-0.25, -0.2) is 0 Å². The Balaban J connectivity index is 3.01. The predicted octanol–water partition coefficient (Wildman–Crippen LogP) is 1.23. The van der Waals surface area contributed by atoms with Crippen molar-refractivity contribution in [3.05, 3.63) is 24.0 Å². The second-order valence-corrected chi connectivity index (χ2v) is 1.93. The van der Waals surface area contributed by atoms with E-state index in [9.17, 15) is 0 Å². The molecule has 1 rings (SSSR count). The predicted molar refractivity (Wildman–Crippen MR) is 38.0 cm³/mol. The van der Waals surface area contributed by atoms with Crippen LogP contribution in [0.2, 0.25) is 0 Å². The van der Waals surface area contributed by atoms with E-state index in [1.54, 1.807) is 12.4 Å². The highest BCUT2D eigenvalue weighted by atomic mass is 14.7. The molecule has 0 saturated heterocycles. The quantitative estimate of drug-likeness (QED) is 0.608. The highest BCUT2D eigenvalue weighted by molar-refractivity contribution is 5.43. The molecule has 0 aromatic carbocycles. The van der Waals surface area contributed by atoms with Crippen LogP contribution in [0.1, 0.15) is 12.5 Å². The van der Waals surface area contributed by atoms with Crippen LogP contribution in [0.15, 0.2) is 18.5 Å². The molecular weight excluding hydrogens is 112 g/mol. The monoisotopic (exact) mass is 122 g/mol. The van der Waals surface area contributed by atoms with E-state index in [-0.39, 0.29) is 0 Å². The molecule has 1 heterocycles. The Morgan fingerprint density at radius 1 is 1.67 bits per heavy atom. The third-order valence-electron chi connectivity index (χ3n) is 1.33. The van der Waals surface area contributed by atoms with Crippen molar-refractivity contribution < 1.29 is 0 Å². The van der Waals surface area contributed by atoms with E-state index in [2.05, 4.69) is 11.9 Å². The van der Waals surface area contributed by atoms with Gasteiger partial charge in [0.1, 0.15) is 0 Å². The SMILES string of the molecule is CCc1ccncc1N. The molecule has 0 amide bonds. The number of aromatic nitrogens is 1. The van der Waals surface area contributed by atoms with Crippen molar-refractivity contribution in [2.45, 2.75) is 13.3 Å². The van der Waals surface area contributed by atoms with E-state index in [0.29, 0.717) is 0 Å². The van der Waals surface area contributed by atoms with Crippen LogP contribution in [0.4, 0.5) is 5.69 Å². The van der Waals surface area contributed by atoms with E-state index in [0.717, 1.165) is 12.1 Å². The Morgan fingerprint density at radius 2 is 2.44 bits per heavy atom. The van der Waals surface area contributed by atoms with Gasteiger partial charge >= 0.3 is 0 Å².